The Labute approximate surface area is 141 Å². The summed E-state index contributed by atoms with van der Waals surface area (Å²) in [6.07, 6.45) is 1.73. The smallest absolute Gasteiger partial charge is 0.415 e. The molecule has 1 aromatic rings. The van der Waals surface area contributed by atoms with E-state index in [1.807, 2.05) is 0 Å². The molecule has 2 amide bonds. The summed E-state index contributed by atoms with van der Waals surface area (Å²) in [7, 11) is -1.51. The fourth-order valence-corrected chi connectivity index (χ4v) is 3.14. The second-order valence-corrected chi connectivity index (χ2v) is 6.66. The lowest BCUT2D eigenvalue weighted by Crippen LogP contribution is -2.38. The first-order valence-electron chi connectivity index (χ1n) is 7.09. The number of hydrogen-bond acceptors (Lipinski definition) is 6. The number of nitrogens with zero attached hydrogens (tertiary/aromatic N) is 2. The van der Waals surface area contributed by atoms with Crippen molar-refractivity contribution in [1.29, 1.82) is 0 Å². The van der Waals surface area contributed by atoms with Crippen LogP contribution < -0.4 is 10.4 Å². The molecule has 3 atom stereocenters. The van der Waals surface area contributed by atoms with Crippen molar-refractivity contribution in [3.8, 4) is 11.8 Å². The number of hydrogen-bond donors (Lipinski definition) is 2. The Morgan fingerprint density at radius 3 is 2.92 bits per heavy atom. The Morgan fingerprint density at radius 2 is 2.38 bits per heavy atom. The molecular formula is C15H17N3O5S. The lowest BCUT2D eigenvalue weighted by atomic mass is 10.2. The van der Waals surface area contributed by atoms with Gasteiger partial charge in [-0.25, -0.2) is 15.3 Å². The molecule has 1 fully saturated rings. The third-order valence-corrected chi connectivity index (χ3v) is 4.66. The van der Waals surface area contributed by atoms with E-state index >= 15 is 0 Å². The monoisotopic (exact) mass is 351 g/mol. The van der Waals surface area contributed by atoms with E-state index in [-0.39, 0.29) is 13.0 Å². The minimum atomic E-state index is -1.51. The van der Waals surface area contributed by atoms with Crippen LogP contribution >= 0.6 is 0 Å². The highest BCUT2D eigenvalue weighted by atomic mass is 32.2. The van der Waals surface area contributed by atoms with Crippen molar-refractivity contribution in [2.75, 3.05) is 17.7 Å². The van der Waals surface area contributed by atoms with Gasteiger partial charge >= 0.3 is 6.09 Å². The Morgan fingerprint density at radius 1 is 1.62 bits per heavy atom. The SMILES string of the molecule is CC#Cc1ccc(N2CC(CC(C(=O)NO)S(C)=O)OC2=O)nc1. The highest BCUT2D eigenvalue weighted by Crippen LogP contribution is 2.23. The molecule has 2 rings (SSSR count). The van der Waals surface area contributed by atoms with Gasteiger partial charge in [-0.15, -0.1) is 5.92 Å². The number of carbonyl (C=O) groups is 2. The van der Waals surface area contributed by atoms with Gasteiger partial charge in [-0.1, -0.05) is 5.92 Å². The molecule has 1 aliphatic rings. The standard InChI is InChI=1S/C15H17N3O5S/c1-3-4-10-5-6-13(16-8-10)18-9-11(23-15(18)20)7-12(24(2)22)14(19)17-21/h5-6,8,11-12,21H,7,9H2,1-2H3,(H,17,19). The summed E-state index contributed by atoms with van der Waals surface area (Å²) in [6.45, 7) is 1.89. The van der Waals surface area contributed by atoms with Gasteiger partial charge < -0.3 is 4.74 Å². The zero-order valence-corrected chi connectivity index (χ0v) is 14.0. The van der Waals surface area contributed by atoms with Crippen LogP contribution in [0.15, 0.2) is 18.3 Å². The van der Waals surface area contributed by atoms with Crippen LogP contribution in [-0.4, -0.2) is 50.6 Å². The first-order valence-corrected chi connectivity index (χ1v) is 8.71. The number of aromatic nitrogens is 1. The van der Waals surface area contributed by atoms with Crippen LogP contribution in [0.5, 0.6) is 0 Å². The summed E-state index contributed by atoms with van der Waals surface area (Å²) in [6, 6.07) is 3.39. The molecule has 24 heavy (non-hydrogen) atoms. The maximum Gasteiger partial charge on any atom is 0.415 e. The van der Waals surface area contributed by atoms with Crippen LogP contribution in [0.25, 0.3) is 0 Å². The Balaban J connectivity index is 2.08. The minimum absolute atomic E-state index is 0.0388. The summed E-state index contributed by atoms with van der Waals surface area (Å²) in [5.74, 6) is 5.24. The number of nitrogens with one attached hydrogen (secondary N) is 1. The van der Waals surface area contributed by atoms with Crippen molar-refractivity contribution in [2.45, 2.75) is 24.7 Å². The van der Waals surface area contributed by atoms with Crippen molar-refractivity contribution in [1.82, 2.24) is 10.5 Å². The molecule has 0 radical (unpaired) electrons. The average Bonchev–Trinajstić information content (AvgIpc) is 2.93. The molecule has 0 bridgehead atoms. The third-order valence-electron chi connectivity index (χ3n) is 3.45. The van der Waals surface area contributed by atoms with Gasteiger partial charge in [0.25, 0.3) is 5.91 Å². The molecule has 9 heteroatoms. The molecule has 0 aliphatic carbocycles. The third kappa shape index (κ3) is 4.10. The fourth-order valence-electron chi connectivity index (χ4n) is 2.30. The maximum atomic E-state index is 12.0. The minimum Gasteiger partial charge on any atom is -0.444 e. The normalized spacial score (nSPS) is 19.0. The highest BCUT2D eigenvalue weighted by molar-refractivity contribution is 7.85. The molecule has 1 aliphatic heterocycles. The average molecular weight is 351 g/mol. The van der Waals surface area contributed by atoms with Crippen LogP contribution in [0.3, 0.4) is 0 Å². The summed E-state index contributed by atoms with van der Waals surface area (Å²) < 4.78 is 16.8. The fraction of sp³-hybridized carbons (Fsp3) is 0.400. The number of carbonyl (C=O) groups excluding carboxylic acids is 2. The Kier molecular flexibility index (Phi) is 5.89. The van der Waals surface area contributed by atoms with Gasteiger partial charge in [0.1, 0.15) is 17.2 Å². The predicted octanol–water partition coefficient (Wildman–Crippen LogP) is 0.421. The topological polar surface area (TPSA) is 109 Å². The van der Waals surface area contributed by atoms with E-state index in [0.29, 0.717) is 5.82 Å². The van der Waals surface area contributed by atoms with E-state index < -0.39 is 34.2 Å². The van der Waals surface area contributed by atoms with Crippen LogP contribution in [0.4, 0.5) is 10.6 Å². The number of hydroxylamine groups is 1. The summed E-state index contributed by atoms with van der Waals surface area (Å²) in [4.78, 5) is 29.0. The molecule has 3 unspecified atom stereocenters. The lowest BCUT2D eigenvalue weighted by Gasteiger charge is -2.15. The first-order chi connectivity index (χ1) is 11.5. The second kappa shape index (κ2) is 7.90. The van der Waals surface area contributed by atoms with E-state index in [4.69, 9.17) is 9.94 Å². The molecule has 2 N–H and O–H groups in total. The van der Waals surface area contributed by atoms with Gasteiger partial charge in [-0.3, -0.25) is 19.1 Å². The summed E-state index contributed by atoms with van der Waals surface area (Å²) in [5, 5.41) is 7.74. The number of anilines is 1. The largest absolute Gasteiger partial charge is 0.444 e. The van der Waals surface area contributed by atoms with Gasteiger partial charge in [0.15, 0.2) is 0 Å². The van der Waals surface area contributed by atoms with Gasteiger partial charge in [0.05, 0.1) is 6.54 Å². The number of rotatable bonds is 5. The van der Waals surface area contributed by atoms with Crippen molar-refractivity contribution >= 4 is 28.6 Å². The van der Waals surface area contributed by atoms with Crippen molar-refractivity contribution in [3.05, 3.63) is 23.9 Å². The Bertz CT molecular complexity index is 710. The molecule has 2 heterocycles. The van der Waals surface area contributed by atoms with E-state index in [9.17, 15) is 13.8 Å². The second-order valence-electron chi connectivity index (χ2n) is 5.10. The van der Waals surface area contributed by atoms with Crippen LogP contribution in [0, 0.1) is 11.8 Å². The van der Waals surface area contributed by atoms with Crippen LogP contribution in [0.1, 0.15) is 18.9 Å². The predicted molar refractivity (Wildman–Crippen MR) is 86.8 cm³/mol. The van der Waals surface area contributed by atoms with E-state index in [0.717, 1.165) is 5.56 Å². The number of pyridine rings is 1. The molecule has 0 saturated carbocycles. The van der Waals surface area contributed by atoms with Gasteiger partial charge in [0, 0.05) is 35.2 Å². The molecular weight excluding hydrogens is 334 g/mol. The lowest BCUT2D eigenvalue weighted by molar-refractivity contribution is -0.129. The van der Waals surface area contributed by atoms with E-state index in [1.165, 1.54) is 16.6 Å². The number of ether oxygens (including phenoxy) is 1. The first kappa shape index (κ1) is 17.9. The summed E-state index contributed by atoms with van der Waals surface area (Å²) in [5.41, 5.74) is 2.21. The van der Waals surface area contributed by atoms with E-state index in [1.54, 1.807) is 25.3 Å². The molecule has 0 spiro atoms. The van der Waals surface area contributed by atoms with E-state index in [2.05, 4.69) is 16.8 Å². The summed E-state index contributed by atoms with van der Waals surface area (Å²) >= 11 is 0. The van der Waals surface area contributed by atoms with Crippen molar-refractivity contribution in [2.24, 2.45) is 0 Å². The quantitative estimate of drug-likeness (QED) is 0.452. The highest BCUT2D eigenvalue weighted by Gasteiger charge is 2.37. The molecule has 1 aromatic heterocycles. The number of cyclic esters (lactones) is 1. The number of amides is 2. The molecule has 0 aromatic carbocycles. The van der Waals surface area contributed by atoms with Crippen LogP contribution in [0.2, 0.25) is 0 Å². The van der Waals surface area contributed by atoms with Gasteiger partial charge in [-0.2, -0.15) is 0 Å². The maximum absolute atomic E-state index is 12.0. The Hall–Kier alpha value is -2.44. The van der Waals surface area contributed by atoms with Gasteiger partial charge in [0.2, 0.25) is 0 Å². The van der Waals surface area contributed by atoms with Crippen molar-refractivity contribution < 1.29 is 23.7 Å². The zero-order chi connectivity index (χ0) is 17.7. The molecule has 128 valence electrons. The van der Waals surface area contributed by atoms with Crippen molar-refractivity contribution in [3.63, 3.8) is 0 Å². The van der Waals surface area contributed by atoms with Crippen LogP contribution in [-0.2, 0) is 20.3 Å². The van der Waals surface area contributed by atoms with Gasteiger partial charge in [-0.05, 0) is 19.1 Å². The zero-order valence-electron chi connectivity index (χ0n) is 13.2. The molecule has 1 saturated heterocycles. The molecule has 8 nitrogen and oxygen atoms in total.